The highest BCUT2D eigenvalue weighted by atomic mass is 16.5. The van der Waals surface area contributed by atoms with Crippen LogP contribution in [0.2, 0.25) is 0 Å². The Morgan fingerprint density at radius 2 is 1.61 bits per heavy atom. The lowest BCUT2D eigenvalue weighted by Crippen LogP contribution is -2.53. The largest absolute Gasteiger partial charge is 0.388 e. The summed E-state index contributed by atoms with van der Waals surface area (Å²) in [5.41, 5.74) is 1.94. The van der Waals surface area contributed by atoms with Gasteiger partial charge < -0.3 is 20.1 Å². The van der Waals surface area contributed by atoms with Crippen LogP contribution < -0.4 is 0 Å². The van der Waals surface area contributed by atoms with Gasteiger partial charge in [-0.3, -0.25) is 0 Å². The van der Waals surface area contributed by atoms with E-state index in [2.05, 4.69) is 0 Å². The Kier molecular flexibility index (Phi) is 4.02. The quantitative estimate of drug-likeness (QED) is 0.732. The number of benzene rings is 1. The molecule has 0 spiro atoms. The van der Waals surface area contributed by atoms with Crippen molar-refractivity contribution < 1.29 is 20.1 Å². The molecule has 3 N–H and O–H groups in total. The molecule has 18 heavy (non-hydrogen) atoms. The first-order valence-corrected chi connectivity index (χ1v) is 6.30. The van der Waals surface area contributed by atoms with Gasteiger partial charge in [-0.2, -0.15) is 0 Å². The van der Waals surface area contributed by atoms with Crippen molar-refractivity contribution in [3.05, 3.63) is 35.4 Å². The standard InChI is InChI=1S/C14H20O4/c1-3-10-11(15)12(16)13(17)14(18-10)9-6-4-8(2)5-7-9/h4-7,10-17H,3H2,1-2H3. The number of rotatable bonds is 2. The topological polar surface area (TPSA) is 69.9 Å². The highest BCUT2D eigenvalue weighted by Crippen LogP contribution is 2.33. The summed E-state index contributed by atoms with van der Waals surface area (Å²) < 4.78 is 5.70. The molecule has 4 heteroatoms. The Labute approximate surface area is 107 Å². The molecular formula is C14H20O4. The second kappa shape index (κ2) is 5.36. The van der Waals surface area contributed by atoms with Gasteiger partial charge >= 0.3 is 0 Å². The third kappa shape index (κ3) is 2.42. The van der Waals surface area contributed by atoms with Crippen molar-refractivity contribution in [2.75, 3.05) is 0 Å². The Morgan fingerprint density at radius 3 is 2.17 bits per heavy atom. The number of hydrogen-bond acceptors (Lipinski definition) is 4. The van der Waals surface area contributed by atoms with E-state index in [0.29, 0.717) is 6.42 Å². The van der Waals surface area contributed by atoms with Crippen LogP contribution in [0.5, 0.6) is 0 Å². The first-order chi connectivity index (χ1) is 8.54. The molecule has 1 heterocycles. The van der Waals surface area contributed by atoms with Crippen LogP contribution in [0, 0.1) is 6.92 Å². The molecule has 0 bridgehead atoms. The van der Waals surface area contributed by atoms with Crippen molar-refractivity contribution in [3.8, 4) is 0 Å². The molecule has 1 saturated heterocycles. The van der Waals surface area contributed by atoms with Gasteiger partial charge in [0, 0.05) is 0 Å². The molecule has 2 rings (SSSR count). The van der Waals surface area contributed by atoms with Gasteiger partial charge in [-0.25, -0.2) is 0 Å². The van der Waals surface area contributed by atoms with Gasteiger partial charge in [-0.15, -0.1) is 0 Å². The van der Waals surface area contributed by atoms with E-state index in [1.165, 1.54) is 0 Å². The molecule has 0 saturated carbocycles. The summed E-state index contributed by atoms with van der Waals surface area (Å²) in [6.45, 7) is 3.86. The van der Waals surface area contributed by atoms with Gasteiger partial charge in [-0.1, -0.05) is 36.8 Å². The minimum atomic E-state index is -1.17. The maximum absolute atomic E-state index is 10.0. The molecule has 100 valence electrons. The lowest BCUT2D eigenvalue weighted by Gasteiger charge is -2.40. The fourth-order valence-electron chi connectivity index (χ4n) is 2.32. The number of hydrogen-bond donors (Lipinski definition) is 3. The maximum Gasteiger partial charge on any atom is 0.113 e. The summed E-state index contributed by atoms with van der Waals surface area (Å²) in [6, 6.07) is 7.62. The third-order valence-corrected chi connectivity index (χ3v) is 3.52. The van der Waals surface area contributed by atoms with Crippen molar-refractivity contribution in [2.45, 2.75) is 50.8 Å². The Hall–Kier alpha value is -0.940. The van der Waals surface area contributed by atoms with E-state index in [1.54, 1.807) is 0 Å². The van der Waals surface area contributed by atoms with Gasteiger partial charge in [0.2, 0.25) is 0 Å². The van der Waals surface area contributed by atoms with Crippen molar-refractivity contribution in [1.29, 1.82) is 0 Å². The summed E-state index contributed by atoms with van der Waals surface area (Å²) in [4.78, 5) is 0. The molecule has 0 amide bonds. The van der Waals surface area contributed by atoms with E-state index in [-0.39, 0.29) is 0 Å². The Morgan fingerprint density at radius 1 is 1.00 bits per heavy atom. The molecule has 1 aromatic carbocycles. The first-order valence-electron chi connectivity index (χ1n) is 6.30. The van der Waals surface area contributed by atoms with E-state index >= 15 is 0 Å². The van der Waals surface area contributed by atoms with Crippen LogP contribution >= 0.6 is 0 Å². The molecule has 1 aromatic rings. The van der Waals surface area contributed by atoms with Gasteiger partial charge in [0.1, 0.15) is 24.4 Å². The third-order valence-electron chi connectivity index (χ3n) is 3.52. The van der Waals surface area contributed by atoms with Crippen LogP contribution in [0.1, 0.15) is 30.6 Å². The molecule has 5 unspecified atom stereocenters. The van der Waals surface area contributed by atoms with Gasteiger partial charge in [0.25, 0.3) is 0 Å². The lowest BCUT2D eigenvalue weighted by atomic mass is 9.90. The van der Waals surface area contributed by atoms with E-state index in [1.807, 2.05) is 38.1 Å². The first kappa shape index (κ1) is 13.5. The molecule has 1 aliphatic heterocycles. The number of aliphatic hydroxyl groups is 3. The highest BCUT2D eigenvalue weighted by molar-refractivity contribution is 5.25. The van der Waals surface area contributed by atoms with E-state index in [0.717, 1.165) is 11.1 Å². The van der Waals surface area contributed by atoms with Crippen molar-refractivity contribution in [2.24, 2.45) is 0 Å². The number of aliphatic hydroxyl groups excluding tert-OH is 3. The van der Waals surface area contributed by atoms with Crippen molar-refractivity contribution in [1.82, 2.24) is 0 Å². The Bertz CT molecular complexity index is 387. The predicted octanol–water partition coefficient (Wildman–Crippen LogP) is 0.928. The summed E-state index contributed by atoms with van der Waals surface area (Å²) in [5.74, 6) is 0. The summed E-state index contributed by atoms with van der Waals surface area (Å²) >= 11 is 0. The summed E-state index contributed by atoms with van der Waals surface area (Å²) in [5, 5.41) is 29.6. The monoisotopic (exact) mass is 252 g/mol. The molecule has 0 radical (unpaired) electrons. The second-order valence-corrected chi connectivity index (χ2v) is 4.89. The molecule has 0 aliphatic carbocycles. The van der Waals surface area contributed by atoms with Gasteiger partial charge in [0.15, 0.2) is 0 Å². The molecule has 4 nitrogen and oxygen atoms in total. The van der Waals surface area contributed by atoms with Gasteiger partial charge in [-0.05, 0) is 18.9 Å². The summed E-state index contributed by atoms with van der Waals surface area (Å²) in [6.07, 6.45) is -3.76. The average Bonchev–Trinajstić information content (AvgIpc) is 2.38. The second-order valence-electron chi connectivity index (χ2n) is 4.89. The zero-order valence-electron chi connectivity index (χ0n) is 10.7. The molecule has 1 fully saturated rings. The fourth-order valence-corrected chi connectivity index (χ4v) is 2.32. The van der Waals surface area contributed by atoms with Crippen molar-refractivity contribution >= 4 is 0 Å². The zero-order valence-corrected chi connectivity index (χ0v) is 10.7. The average molecular weight is 252 g/mol. The van der Waals surface area contributed by atoms with E-state index in [9.17, 15) is 15.3 Å². The minimum Gasteiger partial charge on any atom is -0.388 e. The van der Waals surface area contributed by atoms with Crippen LogP contribution in [-0.2, 0) is 4.74 Å². The maximum atomic E-state index is 10.0. The normalized spacial score (nSPS) is 36.6. The van der Waals surface area contributed by atoms with Crippen LogP contribution in [0.25, 0.3) is 0 Å². The molecule has 1 aliphatic rings. The smallest absolute Gasteiger partial charge is 0.113 e. The lowest BCUT2D eigenvalue weighted by molar-refractivity contribution is -0.225. The number of aryl methyl sites for hydroxylation is 1. The highest BCUT2D eigenvalue weighted by Gasteiger charge is 2.43. The summed E-state index contributed by atoms with van der Waals surface area (Å²) in [7, 11) is 0. The zero-order chi connectivity index (χ0) is 13.3. The molecule has 5 atom stereocenters. The minimum absolute atomic E-state index is 0.449. The van der Waals surface area contributed by atoms with Crippen molar-refractivity contribution in [3.63, 3.8) is 0 Å². The van der Waals surface area contributed by atoms with Crippen LogP contribution in [0.3, 0.4) is 0 Å². The number of ether oxygens (including phenoxy) is 1. The molecular weight excluding hydrogens is 232 g/mol. The van der Waals surface area contributed by atoms with Crippen LogP contribution in [0.4, 0.5) is 0 Å². The van der Waals surface area contributed by atoms with Gasteiger partial charge in [0.05, 0.1) is 6.10 Å². The molecule has 0 aromatic heterocycles. The van der Waals surface area contributed by atoms with Crippen LogP contribution in [0.15, 0.2) is 24.3 Å². The van der Waals surface area contributed by atoms with Crippen LogP contribution in [-0.4, -0.2) is 39.7 Å². The predicted molar refractivity (Wildman–Crippen MR) is 67.1 cm³/mol. The fraction of sp³-hybridized carbons (Fsp3) is 0.571. The van der Waals surface area contributed by atoms with E-state index in [4.69, 9.17) is 4.74 Å². The Balaban J connectivity index is 2.24. The van der Waals surface area contributed by atoms with E-state index < -0.39 is 30.5 Å². The SMILES string of the molecule is CCC1OC(c2ccc(C)cc2)C(O)C(O)C1O.